The molecule has 0 heterocycles. The molecule has 2 N–H and O–H groups in total. The Kier molecular flexibility index (Phi) is 6.30. The van der Waals surface area contributed by atoms with Crippen LogP contribution in [0, 0.1) is 5.82 Å². The molecule has 110 valence electrons. The van der Waals surface area contributed by atoms with Gasteiger partial charge in [0.2, 0.25) is 11.8 Å². The summed E-state index contributed by atoms with van der Waals surface area (Å²) in [6.07, 6.45) is 0. The molecule has 5 nitrogen and oxygen atoms in total. The van der Waals surface area contributed by atoms with Crippen LogP contribution >= 0.6 is 12.6 Å². The molecule has 0 spiro atoms. The van der Waals surface area contributed by atoms with Crippen LogP contribution in [-0.4, -0.2) is 30.2 Å². The van der Waals surface area contributed by atoms with Crippen LogP contribution < -0.4 is 15.4 Å². The highest BCUT2D eigenvalue weighted by atomic mass is 32.1. The molecule has 1 atom stereocenters. The summed E-state index contributed by atoms with van der Waals surface area (Å²) in [6, 6.07) is 3.34. The number of hydrogen-bond acceptors (Lipinski definition) is 4. The van der Waals surface area contributed by atoms with Crippen molar-refractivity contribution in [2.75, 3.05) is 17.7 Å². The first-order chi connectivity index (χ1) is 9.47. The van der Waals surface area contributed by atoms with Gasteiger partial charge in [-0.25, -0.2) is 4.39 Å². The second-order valence-corrected chi connectivity index (χ2v) is 4.37. The van der Waals surface area contributed by atoms with Crippen molar-refractivity contribution in [2.24, 2.45) is 0 Å². The van der Waals surface area contributed by atoms with E-state index in [9.17, 15) is 14.0 Å². The van der Waals surface area contributed by atoms with Crippen molar-refractivity contribution in [2.45, 2.75) is 19.9 Å². The number of anilines is 1. The number of nitrogens with one attached hydrogen (secondary N) is 2. The van der Waals surface area contributed by atoms with E-state index in [1.165, 1.54) is 19.1 Å². The molecule has 1 aromatic carbocycles. The minimum atomic E-state index is -0.773. The summed E-state index contributed by atoms with van der Waals surface area (Å²) in [4.78, 5) is 22.8. The van der Waals surface area contributed by atoms with Gasteiger partial charge in [-0.2, -0.15) is 12.6 Å². The largest absolute Gasteiger partial charge is 0.491 e. The molecule has 0 bridgehead atoms. The third kappa shape index (κ3) is 4.73. The van der Waals surface area contributed by atoms with E-state index in [4.69, 9.17) is 4.74 Å². The summed E-state index contributed by atoms with van der Waals surface area (Å²) in [5, 5.41) is 4.96. The van der Waals surface area contributed by atoms with E-state index in [-0.39, 0.29) is 23.1 Å². The second kappa shape index (κ2) is 7.74. The van der Waals surface area contributed by atoms with E-state index in [1.54, 1.807) is 6.92 Å². The molecule has 0 saturated heterocycles. The zero-order valence-corrected chi connectivity index (χ0v) is 12.2. The fraction of sp³-hybridized carbons (Fsp3) is 0.385. The number of ether oxygens (including phenoxy) is 1. The monoisotopic (exact) mass is 300 g/mol. The molecule has 0 fully saturated rings. The molecule has 20 heavy (non-hydrogen) atoms. The van der Waals surface area contributed by atoms with Crippen LogP contribution in [-0.2, 0) is 9.59 Å². The standard InChI is InChI=1S/C13H17FN2O3S/c1-3-19-12-5-4-9(6-10(12)14)16-13(18)11(7-20)15-8(2)17/h4-6,11,20H,3,7H2,1-2H3,(H,15,17)(H,16,18). The number of rotatable bonds is 6. The number of thiol groups is 1. The predicted molar refractivity (Wildman–Crippen MR) is 77.7 cm³/mol. The third-order valence-electron chi connectivity index (χ3n) is 2.38. The fourth-order valence-electron chi connectivity index (χ4n) is 1.52. The Balaban J connectivity index is 2.74. The maximum absolute atomic E-state index is 13.6. The first-order valence-corrected chi connectivity index (χ1v) is 6.72. The van der Waals surface area contributed by atoms with Gasteiger partial charge in [-0.05, 0) is 19.1 Å². The minimum absolute atomic E-state index is 0.123. The molecule has 0 radical (unpaired) electrons. The maximum atomic E-state index is 13.6. The first kappa shape index (κ1) is 16.3. The Morgan fingerprint density at radius 3 is 2.65 bits per heavy atom. The van der Waals surface area contributed by atoms with Crippen molar-refractivity contribution < 1.29 is 18.7 Å². The van der Waals surface area contributed by atoms with Gasteiger partial charge < -0.3 is 15.4 Å². The SMILES string of the molecule is CCOc1ccc(NC(=O)C(CS)NC(C)=O)cc1F. The number of benzene rings is 1. The van der Waals surface area contributed by atoms with Crippen LogP contribution in [0.4, 0.5) is 10.1 Å². The number of carbonyl (C=O) groups excluding carboxylic acids is 2. The van der Waals surface area contributed by atoms with E-state index < -0.39 is 17.8 Å². The van der Waals surface area contributed by atoms with Crippen molar-refractivity contribution in [3.8, 4) is 5.75 Å². The van der Waals surface area contributed by atoms with Crippen LogP contribution in [0.15, 0.2) is 18.2 Å². The Hall–Kier alpha value is -1.76. The Labute approximate surface area is 122 Å². The van der Waals surface area contributed by atoms with Crippen molar-refractivity contribution in [1.82, 2.24) is 5.32 Å². The average molecular weight is 300 g/mol. The van der Waals surface area contributed by atoms with Gasteiger partial charge in [0, 0.05) is 24.4 Å². The van der Waals surface area contributed by atoms with Crippen molar-refractivity contribution in [1.29, 1.82) is 0 Å². The highest BCUT2D eigenvalue weighted by molar-refractivity contribution is 7.80. The zero-order chi connectivity index (χ0) is 15.1. The molecule has 0 aliphatic heterocycles. The summed E-state index contributed by atoms with van der Waals surface area (Å²) in [6.45, 7) is 3.41. The van der Waals surface area contributed by atoms with E-state index in [1.807, 2.05) is 0 Å². The quantitative estimate of drug-likeness (QED) is 0.699. The van der Waals surface area contributed by atoms with Crippen LogP contribution in [0.3, 0.4) is 0 Å². The maximum Gasteiger partial charge on any atom is 0.247 e. The lowest BCUT2D eigenvalue weighted by Crippen LogP contribution is -2.44. The summed E-state index contributed by atoms with van der Waals surface area (Å²) >= 11 is 3.99. The van der Waals surface area contributed by atoms with E-state index in [0.717, 1.165) is 6.07 Å². The lowest BCUT2D eigenvalue weighted by Gasteiger charge is -2.15. The molecule has 0 aliphatic rings. The van der Waals surface area contributed by atoms with E-state index >= 15 is 0 Å². The zero-order valence-electron chi connectivity index (χ0n) is 11.3. The number of halogens is 1. The summed E-state index contributed by atoms with van der Waals surface area (Å²) in [5.41, 5.74) is 0.285. The number of hydrogen-bond donors (Lipinski definition) is 3. The number of amides is 2. The van der Waals surface area contributed by atoms with E-state index in [2.05, 4.69) is 23.3 Å². The first-order valence-electron chi connectivity index (χ1n) is 6.09. The fourth-order valence-corrected chi connectivity index (χ4v) is 1.78. The Morgan fingerprint density at radius 1 is 1.45 bits per heavy atom. The van der Waals surface area contributed by atoms with Crippen molar-refractivity contribution in [3.63, 3.8) is 0 Å². The molecule has 1 unspecified atom stereocenters. The molecule has 0 aliphatic carbocycles. The molecule has 1 aromatic rings. The van der Waals surface area contributed by atoms with Crippen LogP contribution in [0.1, 0.15) is 13.8 Å². The van der Waals surface area contributed by atoms with Gasteiger partial charge in [0.15, 0.2) is 11.6 Å². The molecular weight excluding hydrogens is 283 g/mol. The van der Waals surface area contributed by atoms with Gasteiger partial charge in [0.1, 0.15) is 6.04 Å². The van der Waals surface area contributed by atoms with Gasteiger partial charge >= 0.3 is 0 Å². The lowest BCUT2D eigenvalue weighted by molar-refractivity contribution is -0.124. The lowest BCUT2D eigenvalue weighted by atomic mass is 10.2. The van der Waals surface area contributed by atoms with Gasteiger partial charge in [-0.15, -0.1) is 0 Å². The van der Waals surface area contributed by atoms with Gasteiger partial charge in [0.25, 0.3) is 0 Å². The summed E-state index contributed by atoms with van der Waals surface area (Å²) in [7, 11) is 0. The van der Waals surface area contributed by atoms with Crippen LogP contribution in [0.2, 0.25) is 0 Å². The highest BCUT2D eigenvalue weighted by Gasteiger charge is 2.18. The molecule has 0 saturated carbocycles. The molecule has 2 amide bonds. The molecular formula is C13H17FN2O3S. The minimum Gasteiger partial charge on any atom is -0.491 e. The van der Waals surface area contributed by atoms with E-state index in [0.29, 0.717) is 6.61 Å². The van der Waals surface area contributed by atoms with Crippen LogP contribution in [0.25, 0.3) is 0 Å². The smallest absolute Gasteiger partial charge is 0.247 e. The molecule has 0 aromatic heterocycles. The normalized spacial score (nSPS) is 11.6. The topological polar surface area (TPSA) is 67.4 Å². The Bertz CT molecular complexity index is 497. The molecule has 7 heteroatoms. The predicted octanol–water partition coefficient (Wildman–Crippen LogP) is 1.60. The van der Waals surface area contributed by atoms with Crippen molar-refractivity contribution in [3.05, 3.63) is 24.0 Å². The Morgan fingerprint density at radius 2 is 2.15 bits per heavy atom. The van der Waals surface area contributed by atoms with Crippen molar-refractivity contribution >= 4 is 30.1 Å². The van der Waals surface area contributed by atoms with Gasteiger partial charge in [-0.1, -0.05) is 0 Å². The molecule has 1 rings (SSSR count). The summed E-state index contributed by atoms with van der Waals surface area (Å²) < 4.78 is 18.7. The second-order valence-electron chi connectivity index (χ2n) is 4.00. The number of carbonyl (C=O) groups is 2. The third-order valence-corrected chi connectivity index (χ3v) is 2.74. The van der Waals surface area contributed by atoms with Gasteiger partial charge in [-0.3, -0.25) is 9.59 Å². The summed E-state index contributed by atoms with van der Waals surface area (Å²) in [5.74, 6) is -1.09. The van der Waals surface area contributed by atoms with Crippen LogP contribution in [0.5, 0.6) is 5.75 Å². The van der Waals surface area contributed by atoms with Gasteiger partial charge in [0.05, 0.1) is 6.61 Å². The highest BCUT2D eigenvalue weighted by Crippen LogP contribution is 2.21. The average Bonchev–Trinajstić information content (AvgIpc) is 2.39.